The zero-order valence-corrected chi connectivity index (χ0v) is 20.1. The van der Waals surface area contributed by atoms with Crippen LogP contribution in [0.2, 0.25) is 0 Å². The molecule has 4 aromatic rings. The first-order valence-electron chi connectivity index (χ1n) is 11.5. The molecule has 0 radical (unpaired) electrons. The number of methoxy groups -OCH3 is 1. The third-order valence-electron chi connectivity index (χ3n) is 6.37. The van der Waals surface area contributed by atoms with Gasteiger partial charge in [0, 0.05) is 47.7 Å². The molecule has 0 N–H and O–H groups in total. The number of piperazine rings is 1. The Balaban J connectivity index is 1.07. The van der Waals surface area contributed by atoms with E-state index in [0.29, 0.717) is 38.0 Å². The Morgan fingerprint density at radius 1 is 1.09 bits per heavy atom. The minimum Gasteiger partial charge on any atom is -0.497 e. The van der Waals surface area contributed by atoms with Gasteiger partial charge in [-0.1, -0.05) is 17.3 Å². The Labute approximate surface area is 206 Å². The molecule has 0 atom stereocenters. The molecule has 4 heterocycles. The van der Waals surface area contributed by atoms with E-state index in [1.54, 1.807) is 18.4 Å². The number of nitrogens with zero attached hydrogens (tertiary/aromatic N) is 4. The monoisotopic (exact) mass is 488 g/mol. The molecule has 0 bridgehead atoms. The zero-order valence-electron chi connectivity index (χ0n) is 19.3. The van der Waals surface area contributed by atoms with Crippen molar-refractivity contribution in [2.24, 2.45) is 0 Å². The molecule has 1 fully saturated rings. The first-order valence-corrected chi connectivity index (χ1v) is 12.3. The van der Waals surface area contributed by atoms with Crippen molar-refractivity contribution >= 4 is 17.2 Å². The van der Waals surface area contributed by atoms with Crippen molar-refractivity contribution in [3.05, 3.63) is 70.9 Å². The number of ether oxygens (including phenoxy) is 2. The van der Waals surface area contributed by atoms with Crippen molar-refractivity contribution < 1.29 is 18.8 Å². The van der Waals surface area contributed by atoms with Crippen molar-refractivity contribution in [3.63, 3.8) is 0 Å². The lowest BCUT2D eigenvalue weighted by Crippen LogP contribution is -2.48. The molecular formula is C26H24N4O4S. The van der Waals surface area contributed by atoms with Gasteiger partial charge in [0.15, 0.2) is 0 Å². The fourth-order valence-electron chi connectivity index (χ4n) is 4.44. The Morgan fingerprint density at radius 3 is 2.69 bits per heavy atom. The third kappa shape index (κ3) is 4.28. The van der Waals surface area contributed by atoms with Crippen LogP contribution in [0.1, 0.15) is 21.1 Å². The number of fused-ring (bicyclic) bond motifs is 3. The van der Waals surface area contributed by atoms with Gasteiger partial charge in [0.1, 0.15) is 18.1 Å². The molecule has 8 nitrogen and oxygen atoms in total. The maximum Gasteiger partial charge on any atom is 0.264 e. The van der Waals surface area contributed by atoms with Gasteiger partial charge < -0.3 is 18.9 Å². The summed E-state index contributed by atoms with van der Waals surface area (Å²) in [4.78, 5) is 23.8. The van der Waals surface area contributed by atoms with E-state index in [1.165, 1.54) is 0 Å². The number of hydrogen-bond acceptors (Lipinski definition) is 8. The molecule has 0 aliphatic carbocycles. The van der Waals surface area contributed by atoms with E-state index in [9.17, 15) is 4.79 Å². The van der Waals surface area contributed by atoms with E-state index in [2.05, 4.69) is 21.1 Å². The van der Waals surface area contributed by atoms with Crippen molar-refractivity contribution in [1.29, 1.82) is 0 Å². The van der Waals surface area contributed by atoms with Crippen molar-refractivity contribution in [2.75, 3.05) is 33.3 Å². The molecule has 0 spiro atoms. The van der Waals surface area contributed by atoms with Gasteiger partial charge in [0.25, 0.3) is 5.91 Å². The van der Waals surface area contributed by atoms with Gasteiger partial charge in [0.2, 0.25) is 11.7 Å². The maximum atomic E-state index is 13.2. The first-order chi connectivity index (χ1) is 17.2. The number of benzene rings is 2. The van der Waals surface area contributed by atoms with Gasteiger partial charge >= 0.3 is 0 Å². The molecule has 0 unspecified atom stereocenters. The predicted octanol–water partition coefficient (Wildman–Crippen LogP) is 4.32. The van der Waals surface area contributed by atoms with Crippen LogP contribution in [-0.4, -0.2) is 59.1 Å². The Hall–Kier alpha value is -3.69. The van der Waals surface area contributed by atoms with Gasteiger partial charge in [-0.15, -0.1) is 11.3 Å². The number of hydrogen-bond donors (Lipinski definition) is 0. The lowest BCUT2D eigenvalue weighted by atomic mass is 10.1. The van der Waals surface area contributed by atoms with Crippen LogP contribution in [0.15, 0.2) is 59.1 Å². The largest absolute Gasteiger partial charge is 0.497 e. The summed E-state index contributed by atoms with van der Waals surface area (Å²) >= 11 is 1.56. The molecule has 2 aliphatic heterocycles. The van der Waals surface area contributed by atoms with Crippen molar-refractivity contribution in [2.45, 2.75) is 13.2 Å². The molecule has 2 aliphatic rings. The zero-order chi connectivity index (χ0) is 23.8. The number of thiophene rings is 1. The third-order valence-corrected chi connectivity index (χ3v) is 7.57. The van der Waals surface area contributed by atoms with Crippen LogP contribution >= 0.6 is 11.3 Å². The van der Waals surface area contributed by atoms with E-state index in [-0.39, 0.29) is 5.91 Å². The van der Waals surface area contributed by atoms with Crippen LogP contribution in [0.3, 0.4) is 0 Å². The molecular weight excluding hydrogens is 464 g/mol. The highest BCUT2D eigenvalue weighted by atomic mass is 32.1. The Kier molecular flexibility index (Phi) is 5.71. The van der Waals surface area contributed by atoms with E-state index in [4.69, 9.17) is 14.0 Å². The number of rotatable bonds is 5. The van der Waals surface area contributed by atoms with Crippen LogP contribution < -0.4 is 9.47 Å². The Bertz CT molecular complexity index is 1360. The van der Waals surface area contributed by atoms with Crippen LogP contribution in [0.5, 0.6) is 11.5 Å². The van der Waals surface area contributed by atoms with E-state index < -0.39 is 0 Å². The SMILES string of the molecule is COc1ccc(-c2noc(CN3CCN(C(=O)c4cc5c(s4)-c4ccccc4OC5)CC3)n2)cc1. The number of carbonyl (C=O) groups excluding carboxylic acids is 1. The van der Waals surface area contributed by atoms with Crippen LogP contribution in [0.25, 0.3) is 21.8 Å². The molecule has 9 heteroatoms. The summed E-state index contributed by atoms with van der Waals surface area (Å²) in [6.45, 7) is 3.90. The quantitative estimate of drug-likeness (QED) is 0.414. The number of amides is 1. The lowest BCUT2D eigenvalue weighted by molar-refractivity contribution is 0.0619. The summed E-state index contributed by atoms with van der Waals surface area (Å²) in [5.41, 5.74) is 3.03. The highest BCUT2D eigenvalue weighted by molar-refractivity contribution is 7.17. The number of carbonyl (C=O) groups is 1. The fraction of sp³-hybridized carbons (Fsp3) is 0.269. The predicted molar refractivity (Wildman–Crippen MR) is 132 cm³/mol. The fourth-order valence-corrected chi connectivity index (χ4v) is 5.60. The summed E-state index contributed by atoms with van der Waals surface area (Å²) in [6.07, 6.45) is 0. The van der Waals surface area contributed by atoms with E-state index in [1.807, 2.05) is 53.4 Å². The molecule has 6 rings (SSSR count). The summed E-state index contributed by atoms with van der Waals surface area (Å²) in [5, 5.41) is 4.11. The maximum absolute atomic E-state index is 13.2. The second-order valence-electron chi connectivity index (χ2n) is 8.56. The topological polar surface area (TPSA) is 80.9 Å². The molecule has 1 saturated heterocycles. The normalized spacial score (nSPS) is 15.3. The van der Waals surface area contributed by atoms with Crippen molar-refractivity contribution in [3.8, 4) is 33.3 Å². The van der Waals surface area contributed by atoms with Crippen LogP contribution in [0.4, 0.5) is 0 Å². The second kappa shape index (κ2) is 9.16. The first kappa shape index (κ1) is 21.8. The molecule has 1 amide bonds. The number of aromatic nitrogens is 2. The second-order valence-corrected chi connectivity index (χ2v) is 9.61. The molecule has 35 heavy (non-hydrogen) atoms. The minimum atomic E-state index is 0.0844. The molecule has 2 aromatic carbocycles. The van der Waals surface area contributed by atoms with Gasteiger partial charge in [-0.05, 0) is 42.5 Å². The summed E-state index contributed by atoms with van der Waals surface area (Å²) in [6, 6.07) is 17.5. The minimum absolute atomic E-state index is 0.0844. The number of para-hydroxylation sites is 1. The van der Waals surface area contributed by atoms with Crippen LogP contribution in [0, 0.1) is 0 Å². The molecule has 0 saturated carbocycles. The lowest BCUT2D eigenvalue weighted by Gasteiger charge is -2.33. The summed E-state index contributed by atoms with van der Waals surface area (Å²) in [5.74, 6) is 2.88. The van der Waals surface area contributed by atoms with Gasteiger partial charge in [-0.25, -0.2) is 0 Å². The van der Waals surface area contributed by atoms with E-state index in [0.717, 1.165) is 51.0 Å². The standard InChI is InChI=1S/C26H24N4O4S/c1-32-19-8-6-17(7-9-19)25-27-23(34-28-25)15-29-10-12-30(13-11-29)26(31)22-14-18-16-33-21-5-3-2-4-20(21)24(18)35-22/h2-9,14H,10-13,15-16H2,1H3. The van der Waals surface area contributed by atoms with Crippen LogP contribution in [-0.2, 0) is 13.2 Å². The molecule has 2 aromatic heterocycles. The molecule has 178 valence electrons. The van der Waals surface area contributed by atoms with E-state index >= 15 is 0 Å². The van der Waals surface area contributed by atoms with Crippen molar-refractivity contribution in [1.82, 2.24) is 19.9 Å². The summed E-state index contributed by atoms with van der Waals surface area (Å²) in [7, 11) is 1.64. The van der Waals surface area contributed by atoms with Gasteiger partial charge in [0.05, 0.1) is 18.5 Å². The summed E-state index contributed by atoms with van der Waals surface area (Å²) < 4.78 is 16.5. The average Bonchev–Trinajstić information content (AvgIpc) is 3.56. The smallest absolute Gasteiger partial charge is 0.264 e. The average molecular weight is 489 g/mol. The highest BCUT2D eigenvalue weighted by Crippen LogP contribution is 2.42. The van der Waals surface area contributed by atoms with Gasteiger partial charge in [-0.2, -0.15) is 4.98 Å². The Morgan fingerprint density at radius 2 is 1.89 bits per heavy atom. The highest BCUT2D eigenvalue weighted by Gasteiger charge is 2.27. The van der Waals surface area contributed by atoms with Gasteiger partial charge in [-0.3, -0.25) is 9.69 Å².